The Morgan fingerprint density at radius 3 is 2.61 bits per heavy atom. The van der Waals surface area contributed by atoms with Crippen molar-refractivity contribution >= 4 is 22.7 Å². The number of anilines is 2. The van der Waals surface area contributed by atoms with Crippen molar-refractivity contribution in [2.45, 2.75) is 6.54 Å². The second-order valence-corrected chi connectivity index (χ2v) is 3.88. The molecule has 0 saturated heterocycles. The highest BCUT2D eigenvalue weighted by Crippen LogP contribution is 2.18. The summed E-state index contributed by atoms with van der Waals surface area (Å²) in [6.07, 6.45) is 1.70. The zero-order valence-electron chi connectivity index (χ0n) is 9.59. The summed E-state index contributed by atoms with van der Waals surface area (Å²) in [4.78, 5) is 8.74. The first kappa shape index (κ1) is 10.5. The van der Waals surface area contributed by atoms with Crippen LogP contribution in [0.4, 0.5) is 11.6 Å². The van der Waals surface area contributed by atoms with Crippen LogP contribution in [0.5, 0.6) is 0 Å². The van der Waals surface area contributed by atoms with E-state index in [2.05, 4.69) is 25.5 Å². The summed E-state index contributed by atoms with van der Waals surface area (Å²) in [5.41, 5.74) is 8.44. The minimum atomic E-state index is 0.396. The fourth-order valence-corrected chi connectivity index (χ4v) is 1.71. The van der Waals surface area contributed by atoms with Crippen LogP contribution in [0.2, 0.25) is 0 Å². The summed E-state index contributed by atoms with van der Waals surface area (Å²) in [6, 6.07) is 9.51. The molecule has 18 heavy (non-hydrogen) atoms. The van der Waals surface area contributed by atoms with Gasteiger partial charge in [0.2, 0.25) is 0 Å². The Morgan fingerprint density at radius 1 is 1.11 bits per heavy atom. The first-order chi connectivity index (χ1) is 8.83. The number of nitrogens with two attached hydrogens (primary N) is 1. The Balaban J connectivity index is 1.89. The maximum atomic E-state index is 5.86. The van der Waals surface area contributed by atoms with Gasteiger partial charge in [0, 0.05) is 6.20 Å². The molecule has 0 spiro atoms. The van der Waals surface area contributed by atoms with Gasteiger partial charge in [-0.2, -0.15) is 5.10 Å². The maximum Gasteiger partial charge on any atom is 0.169 e. The van der Waals surface area contributed by atoms with Gasteiger partial charge in [-0.1, -0.05) is 12.1 Å². The highest BCUT2D eigenvalue weighted by molar-refractivity contribution is 5.79. The van der Waals surface area contributed by atoms with Gasteiger partial charge >= 0.3 is 0 Å². The Morgan fingerprint density at radius 2 is 1.89 bits per heavy atom. The number of H-pyrrole nitrogens is 1. The van der Waals surface area contributed by atoms with Crippen molar-refractivity contribution < 1.29 is 0 Å². The number of rotatable bonds is 3. The predicted octanol–water partition coefficient (Wildman–Crippen LogP) is 1.55. The summed E-state index contributed by atoms with van der Waals surface area (Å²) in [6.45, 7) is 0.581. The van der Waals surface area contributed by atoms with Gasteiger partial charge in [-0.05, 0) is 18.2 Å². The molecule has 0 radical (unpaired) electrons. The summed E-state index contributed by atoms with van der Waals surface area (Å²) < 4.78 is 0. The molecule has 3 aromatic rings. The smallest absolute Gasteiger partial charge is 0.169 e. The van der Waals surface area contributed by atoms with Crippen LogP contribution in [-0.4, -0.2) is 20.2 Å². The van der Waals surface area contributed by atoms with Gasteiger partial charge in [-0.3, -0.25) is 5.10 Å². The van der Waals surface area contributed by atoms with Crippen molar-refractivity contribution in [1.29, 1.82) is 0 Å². The number of para-hydroxylation sites is 2. The molecule has 0 atom stereocenters. The molecule has 3 rings (SSSR count). The average molecular weight is 240 g/mol. The number of aromatic amines is 1. The van der Waals surface area contributed by atoms with E-state index in [9.17, 15) is 0 Å². The number of hydrogen-bond acceptors (Lipinski definition) is 5. The number of aromatic nitrogens is 4. The number of fused-ring (bicyclic) bond motifs is 1. The molecule has 0 aliphatic heterocycles. The molecule has 90 valence electrons. The number of benzene rings is 1. The molecule has 6 nitrogen and oxygen atoms in total. The van der Waals surface area contributed by atoms with E-state index in [1.54, 1.807) is 6.20 Å². The van der Waals surface area contributed by atoms with Crippen LogP contribution in [0.15, 0.2) is 36.5 Å². The Hall–Kier alpha value is -2.63. The topological polar surface area (TPSA) is 92.5 Å². The third-order valence-corrected chi connectivity index (χ3v) is 2.60. The lowest BCUT2D eigenvalue weighted by atomic mass is 10.3. The lowest BCUT2D eigenvalue weighted by Gasteiger charge is -2.07. The van der Waals surface area contributed by atoms with Gasteiger partial charge in [0.1, 0.15) is 0 Å². The first-order valence-corrected chi connectivity index (χ1v) is 5.57. The fourth-order valence-electron chi connectivity index (χ4n) is 1.71. The molecule has 1 aromatic carbocycles. The van der Waals surface area contributed by atoms with Gasteiger partial charge in [-0.15, -0.1) is 0 Å². The monoisotopic (exact) mass is 240 g/mol. The summed E-state index contributed by atoms with van der Waals surface area (Å²) >= 11 is 0. The average Bonchev–Trinajstić information content (AvgIpc) is 2.89. The highest BCUT2D eigenvalue weighted by Gasteiger charge is 2.05. The van der Waals surface area contributed by atoms with Crippen LogP contribution in [0.25, 0.3) is 11.0 Å². The van der Waals surface area contributed by atoms with E-state index in [0.717, 1.165) is 16.7 Å². The van der Waals surface area contributed by atoms with Gasteiger partial charge in [-0.25, -0.2) is 9.97 Å². The van der Waals surface area contributed by atoms with Gasteiger partial charge in [0.15, 0.2) is 11.6 Å². The molecule has 4 N–H and O–H groups in total. The van der Waals surface area contributed by atoms with Crippen molar-refractivity contribution in [3.8, 4) is 0 Å². The minimum Gasteiger partial charge on any atom is -0.381 e. The summed E-state index contributed by atoms with van der Waals surface area (Å²) in [5, 5.41) is 9.87. The molecule has 0 aliphatic carbocycles. The van der Waals surface area contributed by atoms with Crippen LogP contribution in [0.1, 0.15) is 5.69 Å². The van der Waals surface area contributed by atoms with Crippen molar-refractivity contribution in [3.63, 3.8) is 0 Å². The molecular formula is C12H12N6. The fraction of sp³-hybridized carbons (Fsp3) is 0.0833. The summed E-state index contributed by atoms with van der Waals surface area (Å²) in [5.74, 6) is 0.983. The molecule has 6 heteroatoms. The summed E-state index contributed by atoms with van der Waals surface area (Å²) in [7, 11) is 0. The lowest BCUT2D eigenvalue weighted by Crippen LogP contribution is -2.06. The third kappa shape index (κ3) is 1.95. The predicted molar refractivity (Wildman–Crippen MR) is 69.9 cm³/mol. The zero-order valence-corrected chi connectivity index (χ0v) is 9.59. The van der Waals surface area contributed by atoms with Crippen LogP contribution in [0.3, 0.4) is 0 Å². The van der Waals surface area contributed by atoms with Crippen LogP contribution in [-0.2, 0) is 6.54 Å². The Labute approximate surface area is 103 Å². The van der Waals surface area contributed by atoms with E-state index in [1.165, 1.54) is 0 Å². The Bertz CT molecular complexity index is 661. The van der Waals surface area contributed by atoms with Crippen molar-refractivity contribution in [2.75, 3.05) is 11.1 Å². The minimum absolute atomic E-state index is 0.396. The van der Waals surface area contributed by atoms with Crippen molar-refractivity contribution in [2.24, 2.45) is 0 Å². The maximum absolute atomic E-state index is 5.86. The third-order valence-electron chi connectivity index (χ3n) is 2.60. The van der Waals surface area contributed by atoms with E-state index >= 15 is 0 Å². The Kier molecular flexibility index (Phi) is 2.53. The second kappa shape index (κ2) is 4.33. The largest absolute Gasteiger partial charge is 0.381 e. The number of nitrogens with one attached hydrogen (secondary N) is 2. The van der Waals surface area contributed by atoms with Gasteiger partial charge < -0.3 is 11.1 Å². The highest BCUT2D eigenvalue weighted by atomic mass is 15.1. The van der Waals surface area contributed by atoms with E-state index in [0.29, 0.717) is 18.2 Å². The van der Waals surface area contributed by atoms with Crippen molar-refractivity contribution in [1.82, 2.24) is 20.2 Å². The molecular weight excluding hydrogens is 228 g/mol. The van der Waals surface area contributed by atoms with Gasteiger partial charge in [0.05, 0.1) is 23.3 Å². The SMILES string of the molecule is Nc1nc2ccccc2nc1NCc1ccn[nH]1. The van der Waals surface area contributed by atoms with Crippen LogP contribution in [0, 0.1) is 0 Å². The zero-order chi connectivity index (χ0) is 12.4. The molecule has 0 saturated carbocycles. The quantitative estimate of drug-likeness (QED) is 0.646. The molecule has 2 aromatic heterocycles. The molecule has 0 fully saturated rings. The molecule has 0 amide bonds. The lowest BCUT2D eigenvalue weighted by molar-refractivity contribution is 0.975. The van der Waals surface area contributed by atoms with E-state index in [1.807, 2.05) is 30.3 Å². The van der Waals surface area contributed by atoms with E-state index in [-0.39, 0.29) is 0 Å². The molecule has 0 bridgehead atoms. The molecule has 2 heterocycles. The first-order valence-electron chi connectivity index (χ1n) is 5.57. The standard InChI is InChI=1S/C12H12N6/c13-11-12(14-7-8-5-6-15-18-8)17-10-4-2-1-3-9(10)16-11/h1-6H,7H2,(H2,13,16)(H,14,17)(H,15,18). The van der Waals surface area contributed by atoms with E-state index < -0.39 is 0 Å². The molecule has 0 unspecified atom stereocenters. The van der Waals surface area contributed by atoms with Gasteiger partial charge in [0.25, 0.3) is 0 Å². The second-order valence-electron chi connectivity index (χ2n) is 3.88. The number of hydrogen-bond donors (Lipinski definition) is 3. The number of nitrogen functional groups attached to an aromatic ring is 1. The number of nitrogens with zero attached hydrogens (tertiary/aromatic N) is 3. The van der Waals surface area contributed by atoms with Crippen LogP contribution < -0.4 is 11.1 Å². The van der Waals surface area contributed by atoms with Crippen molar-refractivity contribution in [3.05, 3.63) is 42.2 Å². The van der Waals surface area contributed by atoms with Crippen LogP contribution >= 0.6 is 0 Å². The molecule has 0 aliphatic rings. The normalized spacial score (nSPS) is 10.7. The van der Waals surface area contributed by atoms with E-state index in [4.69, 9.17) is 5.73 Å².